The van der Waals surface area contributed by atoms with Crippen LogP contribution in [0.5, 0.6) is 5.75 Å². The Balaban J connectivity index is 1.93. The van der Waals surface area contributed by atoms with Gasteiger partial charge >= 0.3 is 5.97 Å². The Bertz CT molecular complexity index is 1240. The summed E-state index contributed by atoms with van der Waals surface area (Å²) in [6, 6.07) is 9.50. The minimum absolute atomic E-state index is 0.0242. The molecule has 0 fully saturated rings. The first-order valence-electron chi connectivity index (χ1n) is 8.30. The summed E-state index contributed by atoms with van der Waals surface area (Å²) in [6.07, 6.45) is 0. The number of imide groups is 1. The Morgan fingerprint density at radius 3 is 2.50 bits per heavy atom. The number of amides is 2. The van der Waals surface area contributed by atoms with Crippen molar-refractivity contribution >= 4 is 52.0 Å². The number of anilines is 2. The highest BCUT2D eigenvalue weighted by Crippen LogP contribution is 2.40. The number of carbonyl (C=O) groups is 3. The van der Waals surface area contributed by atoms with Gasteiger partial charge in [0.1, 0.15) is 11.3 Å². The number of aromatic hydroxyl groups is 1. The first-order chi connectivity index (χ1) is 14.3. The van der Waals surface area contributed by atoms with E-state index in [9.17, 15) is 24.6 Å². The zero-order valence-electron chi connectivity index (χ0n) is 14.9. The Morgan fingerprint density at radius 2 is 1.80 bits per heavy atom. The van der Waals surface area contributed by atoms with Gasteiger partial charge in [-0.25, -0.2) is 15.0 Å². The van der Waals surface area contributed by atoms with Crippen LogP contribution in [0.3, 0.4) is 0 Å². The summed E-state index contributed by atoms with van der Waals surface area (Å²) in [6.45, 7) is 0. The van der Waals surface area contributed by atoms with E-state index in [0.717, 1.165) is 17.0 Å². The third-order valence-electron chi connectivity index (χ3n) is 4.65. The van der Waals surface area contributed by atoms with Crippen LogP contribution in [-0.4, -0.2) is 33.3 Å². The summed E-state index contributed by atoms with van der Waals surface area (Å²) in [5.41, 5.74) is 6.15. The lowest BCUT2D eigenvalue weighted by atomic mass is 9.92. The molecule has 0 unspecified atom stereocenters. The van der Waals surface area contributed by atoms with Crippen molar-refractivity contribution in [1.29, 1.82) is 0 Å². The molecule has 0 bridgehead atoms. The van der Waals surface area contributed by atoms with Crippen molar-refractivity contribution in [3.05, 3.63) is 59.2 Å². The number of hydrogen-bond donors (Lipinski definition) is 4. The molecule has 152 valence electrons. The van der Waals surface area contributed by atoms with Crippen molar-refractivity contribution < 1.29 is 39.2 Å². The summed E-state index contributed by atoms with van der Waals surface area (Å²) < 4.78 is 4.43. The van der Waals surface area contributed by atoms with Gasteiger partial charge in [-0.15, -0.1) is 4.33 Å². The predicted molar refractivity (Wildman–Crippen MR) is 105 cm³/mol. The topological polar surface area (TPSA) is 160 Å². The largest absolute Gasteiger partial charge is 0.507 e. The molecule has 0 spiro atoms. The van der Waals surface area contributed by atoms with Crippen LogP contribution in [-0.2, 0) is 9.37 Å². The number of benzene rings is 3. The molecule has 0 aromatic heterocycles. The van der Waals surface area contributed by atoms with Crippen LogP contribution in [0.15, 0.2) is 47.4 Å². The van der Waals surface area contributed by atoms with Crippen molar-refractivity contribution in [3.8, 4) is 5.75 Å². The number of carboxylic acid groups (broad SMARTS) is 1. The van der Waals surface area contributed by atoms with Gasteiger partial charge in [0, 0.05) is 16.3 Å². The molecule has 0 saturated heterocycles. The van der Waals surface area contributed by atoms with E-state index in [4.69, 9.17) is 11.0 Å². The van der Waals surface area contributed by atoms with Crippen molar-refractivity contribution in [1.82, 2.24) is 0 Å². The van der Waals surface area contributed by atoms with E-state index < -0.39 is 29.1 Å². The van der Waals surface area contributed by atoms with Crippen LogP contribution < -0.4 is 10.6 Å². The number of hydrogen-bond acceptors (Lipinski definition) is 9. The van der Waals surface area contributed by atoms with Gasteiger partial charge in [-0.05, 0) is 30.3 Å². The van der Waals surface area contributed by atoms with E-state index in [0.29, 0.717) is 22.8 Å². The Kier molecular flexibility index (Phi) is 4.79. The molecule has 0 aliphatic carbocycles. The molecule has 0 saturated carbocycles. The molecule has 3 aromatic rings. The van der Waals surface area contributed by atoms with Crippen LogP contribution in [0.1, 0.15) is 31.1 Å². The summed E-state index contributed by atoms with van der Waals surface area (Å²) in [5.74, 6) is -3.31. The molecule has 10 nitrogen and oxygen atoms in total. The van der Waals surface area contributed by atoms with E-state index in [2.05, 4.69) is 9.37 Å². The number of phenols is 1. The van der Waals surface area contributed by atoms with Crippen LogP contribution in [0.4, 0.5) is 11.4 Å². The number of nitrogen functional groups attached to an aromatic ring is 1. The van der Waals surface area contributed by atoms with E-state index >= 15 is 0 Å². The normalized spacial score (nSPS) is 13.2. The Hall–Kier alpha value is -3.64. The van der Waals surface area contributed by atoms with Crippen LogP contribution in [0, 0.1) is 0 Å². The standard InChI is InChI=1S/C19H12N2O8S/c20-16-9-2-1-3-10-15(9)12(7-14(16)30-29-28-27)18(24)21(17(10)23)8-4-5-13(22)11(6-8)19(25)26/h1-7,22,27H,20H2,(H,25,26). The van der Waals surface area contributed by atoms with Crippen molar-refractivity contribution in [2.24, 2.45) is 0 Å². The summed E-state index contributed by atoms with van der Waals surface area (Å²) >= 11 is 0.566. The monoisotopic (exact) mass is 428 g/mol. The quantitative estimate of drug-likeness (QED) is 0.156. The highest BCUT2D eigenvalue weighted by molar-refractivity contribution is 7.94. The van der Waals surface area contributed by atoms with Crippen LogP contribution in [0.2, 0.25) is 0 Å². The van der Waals surface area contributed by atoms with Gasteiger partial charge in [-0.2, -0.15) is 0 Å². The highest BCUT2D eigenvalue weighted by atomic mass is 32.2. The lowest BCUT2D eigenvalue weighted by molar-refractivity contribution is -0.432. The molecule has 1 aliphatic rings. The fraction of sp³-hybridized carbons (Fsp3) is 0. The average molecular weight is 428 g/mol. The van der Waals surface area contributed by atoms with Gasteiger partial charge in [-0.3, -0.25) is 9.59 Å². The Labute approximate surface area is 172 Å². The molecule has 4 rings (SSSR count). The molecule has 0 atom stereocenters. The first kappa shape index (κ1) is 19.7. The highest BCUT2D eigenvalue weighted by Gasteiger charge is 2.35. The number of carboxylic acids is 1. The van der Waals surface area contributed by atoms with E-state index in [1.807, 2.05) is 0 Å². The third kappa shape index (κ3) is 2.93. The van der Waals surface area contributed by atoms with E-state index in [1.54, 1.807) is 12.1 Å². The smallest absolute Gasteiger partial charge is 0.339 e. The molecule has 3 aromatic carbocycles. The molecule has 5 N–H and O–H groups in total. The minimum Gasteiger partial charge on any atom is -0.507 e. The summed E-state index contributed by atoms with van der Waals surface area (Å²) in [7, 11) is 0. The predicted octanol–water partition coefficient (Wildman–Crippen LogP) is 3.05. The van der Waals surface area contributed by atoms with Crippen molar-refractivity contribution in [2.75, 3.05) is 10.6 Å². The average Bonchev–Trinajstić information content (AvgIpc) is 2.73. The second-order valence-corrected chi connectivity index (χ2v) is 6.98. The van der Waals surface area contributed by atoms with Gasteiger partial charge in [0.2, 0.25) is 0 Å². The second-order valence-electron chi connectivity index (χ2n) is 6.24. The number of carbonyl (C=O) groups excluding carboxylic acids is 2. The molecular formula is C19H12N2O8S. The number of nitrogens with two attached hydrogens (primary N) is 1. The van der Waals surface area contributed by atoms with Crippen LogP contribution in [0.25, 0.3) is 10.8 Å². The van der Waals surface area contributed by atoms with Crippen LogP contribution >= 0.6 is 12.0 Å². The van der Waals surface area contributed by atoms with Gasteiger partial charge in [0.25, 0.3) is 11.8 Å². The number of rotatable bonds is 5. The third-order valence-corrected chi connectivity index (χ3v) is 5.30. The number of nitrogens with zero attached hydrogens (tertiary/aromatic N) is 1. The fourth-order valence-electron chi connectivity index (χ4n) is 3.35. The molecule has 2 amide bonds. The molecule has 11 heteroatoms. The SMILES string of the molecule is Nc1c(SOOO)cc2c3c(cccc13)C(=O)N(c1ccc(O)c(C(=O)O)c1)C2=O. The lowest BCUT2D eigenvalue weighted by Crippen LogP contribution is -2.40. The number of aromatic carboxylic acids is 1. The molecule has 0 radical (unpaired) electrons. The molecule has 30 heavy (non-hydrogen) atoms. The zero-order chi connectivity index (χ0) is 21.6. The Morgan fingerprint density at radius 1 is 1.07 bits per heavy atom. The maximum atomic E-state index is 13.2. The molecule has 1 aliphatic heterocycles. The lowest BCUT2D eigenvalue weighted by Gasteiger charge is -2.28. The van der Waals surface area contributed by atoms with E-state index in [-0.39, 0.29) is 27.4 Å². The molecule has 1 heterocycles. The van der Waals surface area contributed by atoms with E-state index in [1.165, 1.54) is 18.2 Å². The van der Waals surface area contributed by atoms with Gasteiger partial charge in [0.05, 0.1) is 33.9 Å². The fourth-order valence-corrected chi connectivity index (χ4v) is 3.82. The first-order valence-corrected chi connectivity index (χ1v) is 9.04. The van der Waals surface area contributed by atoms with Gasteiger partial charge in [0.15, 0.2) is 0 Å². The summed E-state index contributed by atoms with van der Waals surface area (Å²) in [4.78, 5) is 38.8. The maximum Gasteiger partial charge on any atom is 0.339 e. The second kappa shape index (κ2) is 7.31. The maximum absolute atomic E-state index is 13.2. The zero-order valence-corrected chi connectivity index (χ0v) is 15.7. The van der Waals surface area contributed by atoms with Crippen molar-refractivity contribution in [3.63, 3.8) is 0 Å². The van der Waals surface area contributed by atoms with Gasteiger partial charge in [-0.1, -0.05) is 17.2 Å². The van der Waals surface area contributed by atoms with Gasteiger partial charge < -0.3 is 15.9 Å². The van der Waals surface area contributed by atoms with Crippen molar-refractivity contribution in [2.45, 2.75) is 4.90 Å². The minimum atomic E-state index is -1.42. The molecular weight excluding hydrogens is 416 g/mol. The summed E-state index contributed by atoms with van der Waals surface area (Å²) in [5, 5.41) is 31.7.